The van der Waals surface area contributed by atoms with Crippen molar-refractivity contribution in [1.29, 1.82) is 0 Å². The van der Waals surface area contributed by atoms with Gasteiger partial charge in [-0.3, -0.25) is 4.40 Å². The molecule has 3 rings (SSSR count). The van der Waals surface area contributed by atoms with Crippen LogP contribution in [0, 0.1) is 5.82 Å². The second-order valence-corrected chi connectivity index (χ2v) is 7.07. The summed E-state index contributed by atoms with van der Waals surface area (Å²) >= 11 is 1.52. The predicted octanol–water partition coefficient (Wildman–Crippen LogP) is 2.06. The van der Waals surface area contributed by atoms with Crippen molar-refractivity contribution in [2.24, 2.45) is 0 Å². The van der Waals surface area contributed by atoms with E-state index < -0.39 is 15.8 Å². The number of fused-ring (bicyclic) bond motifs is 1. The van der Waals surface area contributed by atoms with Gasteiger partial charge >= 0.3 is 0 Å². The first-order chi connectivity index (χ1) is 10.0. The van der Waals surface area contributed by atoms with Crippen molar-refractivity contribution in [3.8, 4) is 0 Å². The fourth-order valence-corrected chi connectivity index (χ4v) is 3.66. The van der Waals surface area contributed by atoms with Gasteiger partial charge in [-0.25, -0.2) is 22.5 Å². The Morgan fingerprint density at radius 2 is 2.05 bits per heavy atom. The molecule has 0 radical (unpaired) electrons. The third-order valence-electron chi connectivity index (χ3n) is 2.94. The molecule has 0 amide bonds. The minimum absolute atomic E-state index is 0.0507. The summed E-state index contributed by atoms with van der Waals surface area (Å²) in [5, 5.41) is 1.93. The number of imidazole rings is 1. The number of rotatable bonds is 5. The highest BCUT2D eigenvalue weighted by atomic mass is 32.2. The van der Waals surface area contributed by atoms with E-state index in [9.17, 15) is 12.8 Å². The van der Waals surface area contributed by atoms with Gasteiger partial charge in [0.2, 0.25) is 10.0 Å². The molecule has 0 spiro atoms. The molecule has 0 saturated carbocycles. The molecule has 21 heavy (non-hydrogen) atoms. The molecule has 3 aromatic rings. The third kappa shape index (κ3) is 3.12. The lowest BCUT2D eigenvalue weighted by Crippen LogP contribution is -2.26. The number of nitrogens with zero attached hydrogens (tertiary/aromatic N) is 2. The lowest BCUT2D eigenvalue weighted by molar-refractivity contribution is 0.580. The number of aromatic nitrogens is 2. The van der Waals surface area contributed by atoms with E-state index in [1.54, 1.807) is 0 Å². The zero-order valence-corrected chi connectivity index (χ0v) is 12.5. The highest BCUT2D eigenvalue weighted by molar-refractivity contribution is 7.89. The Kier molecular flexibility index (Phi) is 3.75. The average molecular weight is 325 g/mol. The van der Waals surface area contributed by atoms with E-state index in [-0.39, 0.29) is 11.4 Å². The monoisotopic (exact) mass is 325 g/mol. The first-order valence-electron chi connectivity index (χ1n) is 6.21. The minimum Gasteiger partial charge on any atom is -0.297 e. The van der Waals surface area contributed by atoms with Gasteiger partial charge in [0.15, 0.2) is 4.96 Å². The van der Waals surface area contributed by atoms with Crippen LogP contribution in [0.2, 0.25) is 0 Å². The summed E-state index contributed by atoms with van der Waals surface area (Å²) in [6.45, 7) is 0.241. The van der Waals surface area contributed by atoms with E-state index in [0.29, 0.717) is 6.42 Å². The largest absolute Gasteiger partial charge is 0.297 e. The Morgan fingerprint density at radius 1 is 1.29 bits per heavy atom. The smallest absolute Gasteiger partial charge is 0.240 e. The Balaban J connectivity index is 1.64. The van der Waals surface area contributed by atoms with Crippen molar-refractivity contribution in [1.82, 2.24) is 14.1 Å². The minimum atomic E-state index is -3.61. The molecular formula is C13H12FN3O2S2. The van der Waals surface area contributed by atoms with Crippen LogP contribution in [0.15, 0.2) is 46.9 Å². The maximum atomic E-state index is 12.8. The number of thiazole rings is 1. The van der Waals surface area contributed by atoms with Gasteiger partial charge in [-0.2, -0.15) is 0 Å². The molecule has 0 aliphatic heterocycles. The summed E-state index contributed by atoms with van der Waals surface area (Å²) in [6, 6.07) is 4.73. The van der Waals surface area contributed by atoms with Gasteiger partial charge in [0.25, 0.3) is 0 Å². The zero-order valence-electron chi connectivity index (χ0n) is 10.9. The number of hydrogen-bond acceptors (Lipinski definition) is 4. The van der Waals surface area contributed by atoms with E-state index >= 15 is 0 Å². The molecule has 110 valence electrons. The summed E-state index contributed by atoms with van der Waals surface area (Å²) in [5.41, 5.74) is 0.823. The summed E-state index contributed by atoms with van der Waals surface area (Å²) < 4.78 is 41.2. The van der Waals surface area contributed by atoms with Crippen molar-refractivity contribution in [3.05, 3.63) is 53.6 Å². The normalized spacial score (nSPS) is 12.0. The van der Waals surface area contributed by atoms with Crippen LogP contribution in [0.4, 0.5) is 4.39 Å². The molecule has 0 fully saturated rings. The molecule has 8 heteroatoms. The van der Waals surface area contributed by atoms with Crippen LogP contribution in [-0.2, 0) is 16.4 Å². The molecule has 2 heterocycles. The Morgan fingerprint density at radius 3 is 2.76 bits per heavy atom. The number of benzene rings is 1. The highest BCUT2D eigenvalue weighted by Gasteiger charge is 2.13. The first-order valence-corrected chi connectivity index (χ1v) is 8.57. The second kappa shape index (κ2) is 5.55. The molecule has 0 aliphatic rings. The molecule has 0 saturated heterocycles. The van der Waals surface area contributed by atoms with Crippen LogP contribution in [0.3, 0.4) is 0 Å². The van der Waals surface area contributed by atoms with Crippen LogP contribution in [0.5, 0.6) is 0 Å². The van der Waals surface area contributed by atoms with E-state index in [4.69, 9.17) is 0 Å². The van der Waals surface area contributed by atoms with Crippen LogP contribution < -0.4 is 4.72 Å². The Hall–Kier alpha value is -1.77. The molecule has 0 aliphatic carbocycles. The van der Waals surface area contributed by atoms with Crippen LogP contribution >= 0.6 is 11.3 Å². The van der Waals surface area contributed by atoms with Crippen LogP contribution in [-0.4, -0.2) is 24.3 Å². The van der Waals surface area contributed by atoms with Crippen molar-refractivity contribution >= 4 is 26.3 Å². The fraction of sp³-hybridized carbons (Fsp3) is 0.154. The van der Waals surface area contributed by atoms with Gasteiger partial charge in [0.1, 0.15) is 5.82 Å². The molecule has 0 atom stereocenters. The second-order valence-electron chi connectivity index (χ2n) is 4.43. The topological polar surface area (TPSA) is 63.5 Å². The van der Waals surface area contributed by atoms with E-state index in [1.165, 1.54) is 23.5 Å². The predicted molar refractivity (Wildman–Crippen MR) is 78.4 cm³/mol. The molecule has 1 N–H and O–H groups in total. The standard InChI is InChI=1S/C13H12FN3O2S2/c14-10-1-3-12(4-2-10)21(18,19)15-6-5-11-9-17-7-8-20-13(17)16-11/h1-4,7-9,15H,5-6H2. The molecular weight excluding hydrogens is 313 g/mol. The first kappa shape index (κ1) is 14.2. The highest BCUT2D eigenvalue weighted by Crippen LogP contribution is 2.12. The summed E-state index contributed by atoms with van der Waals surface area (Å²) in [7, 11) is -3.61. The van der Waals surface area contributed by atoms with E-state index in [0.717, 1.165) is 22.8 Å². The lowest BCUT2D eigenvalue weighted by Gasteiger charge is -2.05. The zero-order chi connectivity index (χ0) is 14.9. The van der Waals surface area contributed by atoms with Gasteiger partial charge in [-0.05, 0) is 24.3 Å². The lowest BCUT2D eigenvalue weighted by atomic mass is 10.3. The van der Waals surface area contributed by atoms with Crippen LogP contribution in [0.1, 0.15) is 5.69 Å². The Bertz CT molecular complexity index is 825. The summed E-state index contributed by atoms with van der Waals surface area (Å²) in [6.07, 6.45) is 4.27. The maximum Gasteiger partial charge on any atom is 0.240 e. The van der Waals surface area contributed by atoms with Crippen molar-refractivity contribution < 1.29 is 12.8 Å². The van der Waals surface area contributed by atoms with Crippen LogP contribution in [0.25, 0.3) is 4.96 Å². The third-order valence-corrected chi connectivity index (χ3v) is 5.19. The average Bonchev–Trinajstić information content (AvgIpc) is 3.00. The van der Waals surface area contributed by atoms with Gasteiger partial charge in [-0.15, -0.1) is 11.3 Å². The number of hydrogen-bond donors (Lipinski definition) is 1. The summed E-state index contributed by atoms with van der Waals surface area (Å²) in [5.74, 6) is -0.466. The van der Waals surface area contributed by atoms with Gasteiger partial charge in [0.05, 0.1) is 10.6 Å². The fourth-order valence-electron chi connectivity index (χ4n) is 1.91. The molecule has 0 bridgehead atoms. The summed E-state index contributed by atoms with van der Waals surface area (Å²) in [4.78, 5) is 5.31. The Labute approximate surface area is 125 Å². The van der Waals surface area contributed by atoms with Gasteiger partial charge in [-0.1, -0.05) is 0 Å². The maximum absolute atomic E-state index is 12.8. The molecule has 0 unspecified atom stereocenters. The molecule has 2 aromatic heterocycles. The molecule has 5 nitrogen and oxygen atoms in total. The number of nitrogens with one attached hydrogen (secondary N) is 1. The SMILES string of the molecule is O=S(=O)(NCCc1cn2ccsc2n1)c1ccc(F)cc1. The van der Waals surface area contributed by atoms with Gasteiger partial charge < -0.3 is 0 Å². The van der Waals surface area contributed by atoms with E-state index in [2.05, 4.69) is 9.71 Å². The van der Waals surface area contributed by atoms with Crippen molar-refractivity contribution in [2.45, 2.75) is 11.3 Å². The molecule has 1 aromatic carbocycles. The quantitative estimate of drug-likeness (QED) is 0.781. The number of sulfonamides is 1. The van der Waals surface area contributed by atoms with Crippen molar-refractivity contribution in [2.75, 3.05) is 6.54 Å². The van der Waals surface area contributed by atoms with Crippen molar-refractivity contribution in [3.63, 3.8) is 0 Å². The number of halogens is 1. The van der Waals surface area contributed by atoms with E-state index in [1.807, 2.05) is 22.2 Å². The van der Waals surface area contributed by atoms with Gasteiger partial charge in [0, 0.05) is 30.7 Å².